The first-order valence-electron chi connectivity index (χ1n) is 6.18. The fourth-order valence-corrected chi connectivity index (χ4v) is 1.93. The van der Waals surface area contributed by atoms with E-state index in [9.17, 15) is 0 Å². The van der Waals surface area contributed by atoms with Crippen molar-refractivity contribution in [2.45, 2.75) is 20.4 Å². The molecule has 1 aromatic rings. The standard InChI is InChI=1S/C12H20N4O/c1-3-17-12-14-8-11(10(2)15-12)9-16-6-4-13-5-7-16/h8,13H,3-7,9H2,1-2H3. The maximum Gasteiger partial charge on any atom is 0.316 e. The summed E-state index contributed by atoms with van der Waals surface area (Å²) in [4.78, 5) is 11.0. The van der Waals surface area contributed by atoms with Gasteiger partial charge in [0.25, 0.3) is 0 Å². The monoisotopic (exact) mass is 236 g/mol. The van der Waals surface area contributed by atoms with Gasteiger partial charge >= 0.3 is 6.01 Å². The van der Waals surface area contributed by atoms with Crippen molar-refractivity contribution in [1.29, 1.82) is 0 Å². The number of nitrogens with one attached hydrogen (secondary N) is 1. The molecule has 5 nitrogen and oxygen atoms in total. The van der Waals surface area contributed by atoms with E-state index in [0.29, 0.717) is 12.6 Å². The summed E-state index contributed by atoms with van der Waals surface area (Å²) in [5.41, 5.74) is 2.21. The Kier molecular flexibility index (Phi) is 4.28. The van der Waals surface area contributed by atoms with E-state index in [0.717, 1.165) is 38.4 Å². The van der Waals surface area contributed by atoms with Crippen molar-refractivity contribution in [2.75, 3.05) is 32.8 Å². The topological polar surface area (TPSA) is 50.3 Å². The molecule has 1 aliphatic heterocycles. The van der Waals surface area contributed by atoms with E-state index in [1.54, 1.807) is 0 Å². The Balaban J connectivity index is 2.00. The summed E-state index contributed by atoms with van der Waals surface area (Å²) in [6.45, 7) is 9.80. The summed E-state index contributed by atoms with van der Waals surface area (Å²) in [5, 5.41) is 3.35. The van der Waals surface area contributed by atoms with Crippen molar-refractivity contribution in [3.63, 3.8) is 0 Å². The number of piperazine rings is 1. The number of aromatic nitrogens is 2. The molecule has 0 atom stereocenters. The molecular weight excluding hydrogens is 216 g/mol. The Morgan fingerprint density at radius 1 is 1.41 bits per heavy atom. The number of hydrogen-bond acceptors (Lipinski definition) is 5. The first-order valence-corrected chi connectivity index (χ1v) is 6.18. The van der Waals surface area contributed by atoms with Crippen LogP contribution in [0.3, 0.4) is 0 Å². The molecule has 0 amide bonds. The number of rotatable bonds is 4. The van der Waals surface area contributed by atoms with Crippen molar-refractivity contribution in [2.24, 2.45) is 0 Å². The van der Waals surface area contributed by atoms with Crippen LogP contribution in [0.15, 0.2) is 6.20 Å². The van der Waals surface area contributed by atoms with Crippen LogP contribution >= 0.6 is 0 Å². The summed E-state index contributed by atoms with van der Waals surface area (Å²) >= 11 is 0. The smallest absolute Gasteiger partial charge is 0.316 e. The van der Waals surface area contributed by atoms with Gasteiger partial charge in [-0.25, -0.2) is 9.97 Å². The molecule has 94 valence electrons. The van der Waals surface area contributed by atoms with E-state index in [1.165, 1.54) is 5.56 Å². The molecule has 1 fully saturated rings. The van der Waals surface area contributed by atoms with Crippen molar-refractivity contribution in [3.8, 4) is 6.01 Å². The van der Waals surface area contributed by atoms with Crippen LogP contribution in [0.1, 0.15) is 18.2 Å². The lowest BCUT2D eigenvalue weighted by Gasteiger charge is -2.27. The molecule has 1 aromatic heterocycles. The molecule has 0 aliphatic carbocycles. The van der Waals surface area contributed by atoms with Gasteiger partial charge in [-0.05, 0) is 13.8 Å². The fourth-order valence-electron chi connectivity index (χ4n) is 1.93. The zero-order chi connectivity index (χ0) is 12.1. The molecule has 5 heteroatoms. The molecule has 0 aromatic carbocycles. The van der Waals surface area contributed by atoms with Crippen LogP contribution in [0.25, 0.3) is 0 Å². The fraction of sp³-hybridized carbons (Fsp3) is 0.667. The Morgan fingerprint density at radius 3 is 2.82 bits per heavy atom. The number of nitrogens with zero attached hydrogens (tertiary/aromatic N) is 3. The van der Waals surface area contributed by atoms with Gasteiger partial charge in [0.05, 0.1) is 6.61 Å². The summed E-state index contributed by atoms with van der Waals surface area (Å²) in [7, 11) is 0. The summed E-state index contributed by atoms with van der Waals surface area (Å²) in [5.74, 6) is 0. The molecule has 0 bridgehead atoms. The third-order valence-electron chi connectivity index (χ3n) is 2.94. The van der Waals surface area contributed by atoms with Gasteiger partial charge in [0.15, 0.2) is 0 Å². The minimum Gasteiger partial charge on any atom is -0.464 e. The van der Waals surface area contributed by atoms with Crippen LogP contribution < -0.4 is 10.1 Å². The highest BCUT2D eigenvalue weighted by atomic mass is 16.5. The minimum absolute atomic E-state index is 0.481. The number of aryl methyl sites for hydroxylation is 1. The Labute approximate surface area is 102 Å². The van der Waals surface area contributed by atoms with Crippen molar-refractivity contribution in [3.05, 3.63) is 17.5 Å². The highest BCUT2D eigenvalue weighted by Gasteiger charge is 2.12. The van der Waals surface area contributed by atoms with E-state index >= 15 is 0 Å². The normalized spacial score (nSPS) is 17.1. The predicted octanol–water partition coefficient (Wildman–Crippen LogP) is 0.589. The predicted molar refractivity (Wildman–Crippen MR) is 66.1 cm³/mol. The molecule has 0 radical (unpaired) electrons. The van der Waals surface area contributed by atoms with Gasteiger partial charge in [-0.3, -0.25) is 4.90 Å². The molecule has 0 spiro atoms. The lowest BCUT2D eigenvalue weighted by atomic mass is 10.2. The number of ether oxygens (including phenoxy) is 1. The number of hydrogen-bond donors (Lipinski definition) is 1. The van der Waals surface area contributed by atoms with Crippen LogP contribution in [-0.2, 0) is 6.54 Å². The van der Waals surface area contributed by atoms with E-state index in [4.69, 9.17) is 4.74 Å². The third kappa shape index (κ3) is 3.38. The van der Waals surface area contributed by atoms with Crippen molar-refractivity contribution in [1.82, 2.24) is 20.2 Å². The zero-order valence-corrected chi connectivity index (χ0v) is 10.6. The van der Waals surface area contributed by atoms with Crippen LogP contribution in [0.2, 0.25) is 0 Å². The quantitative estimate of drug-likeness (QED) is 0.829. The van der Waals surface area contributed by atoms with E-state index in [1.807, 2.05) is 20.0 Å². The van der Waals surface area contributed by atoms with E-state index in [-0.39, 0.29) is 0 Å². The third-order valence-corrected chi connectivity index (χ3v) is 2.94. The molecule has 1 N–H and O–H groups in total. The Hall–Kier alpha value is -1.20. The Bertz CT molecular complexity index is 364. The lowest BCUT2D eigenvalue weighted by Crippen LogP contribution is -2.43. The minimum atomic E-state index is 0.481. The molecule has 1 aliphatic rings. The van der Waals surface area contributed by atoms with Gasteiger partial charge < -0.3 is 10.1 Å². The van der Waals surface area contributed by atoms with Gasteiger partial charge in [-0.15, -0.1) is 0 Å². The molecule has 0 saturated carbocycles. The molecule has 0 unspecified atom stereocenters. The second-order valence-electron chi connectivity index (χ2n) is 4.22. The van der Waals surface area contributed by atoms with Crippen LogP contribution in [0.5, 0.6) is 6.01 Å². The first kappa shape index (κ1) is 12.3. The largest absolute Gasteiger partial charge is 0.464 e. The van der Waals surface area contributed by atoms with Gasteiger partial charge in [0.2, 0.25) is 0 Å². The molecule has 1 saturated heterocycles. The van der Waals surface area contributed by atoms with Gasteiger partial charge in [0, 0.05) is 50.2 Å². The highest BCUT2D eigenvalue weighted by Crippen LogP contribution is 2.11. The lowest BCUT2D eigenvalue weighted by molar-refractivity contribution is 0.231. The summed E-state index contributed by atoms with van der Waals surface area (Å²) < 4.78 is 5.29. The van der Waals surface area contributed by atoms with Gasteiger partial charge in [-0.2, -0.15) is 0 Å². The van der Waals surface area contributed by atoms with Crippen LogP contribution in [0.4, 0.5) is 0 Å². The molecular formula is C12H20N4O. The first-order chi connectivity index (χ1) is 8.29. The molecule has 2 heterocycles. The average molecular weight is 236 g/mol. The second-order valence-corrected chi connectivity index (χ2v) is 4.22. The van der Waals surface area contributed by atoms with E-state index in [2.05, 4.69) is 20.2 Å². The maximum atomic E-state index is 5.29. The Morgan fingerprint density at radius 2 is 2.18 bits per heavy atom. The maximum absolute atomic E-state index is 5.29. The zero-order valence-electron chi connectivity index (χ0n) is 10.6. The van der Waals surface area contributed by atoms with Gasteiger partial charge in [0.1, 0.15) is 0 Å². The van der Waals surface area contributed by atoms with Gasteiger partial charge in [-0.1, -0.05) is 0 Å². The van der Waals surface area contributed by atoms with Crippen molar-refractivity contribution < 1.29 is 4.74 Å². The van der Waals surface area contributed by atoms with Crippen LogP contribution in [-0.4, -0.2) is 47.7 Å². The SMILES string of the molecule is CCOc1ncc(CN2CCNCC2)c(C)n1. The van der Waals surface area contributed by atoms with Crippen LogP contribution in [0, 0.1) is 6.92 Å². The second kappa shape index (κ2) is 5.93. The molecule has 2 rings (SSSR count). The summed E-state index contributed by atoms with van der Waals surface area (Å²) in [6.07, 6.45) is 1.88. The summed E-state index contributed by atoms with van der Waals surface area (Å²) in [6, 6.07) is 0.481. The van der Waals surface area contributed by atoms with Crippen molar-refractivity contribution >= 4 is 0 Å². The van der Waals surface area contributed by atoms with E-state index < -0.39 is 0 Å². The average Bonchev–Trinajstić information content (AvgIpc) is 2.34. The molecule has 17 heavy (non-hydrogen) atoms. The highest BCUT2D eigenvalue weighted by molar-refractivity contribution is 5.17.